The second-order valence-corrected chi connectivity index (χ2v) is 5.20. The summed E-state index contributed by atoms with van der Waals surface area (Å²) in [7, 11) is 1.67. The van der Waals surface area contributed by atoms with Gasteiger partial charge in [0.05, 0.1) is 11.6 Å². The maximum Gasteiger partial charge on any atom is 0.434 e. The molecule has 0 unspecified atom stereocenters. The van der Waals surface area contributed by atoms with Crippen LogP contribution >= 0.6 is 11.6 Å². The van der Waals surface area contributed by atoms with Crippen molar-refractivity contribution in [2.24, 2.45) is 7.05 Å². The number of aryl methyl sites for hydroxylation is 1. The minimum absolute atomic E-state index is 0.0200. The molecule has 0 radical (unpaired) electrons. The van der Waals surface area contributed by atoms with E-state index in [4.69, 9.17) is 11.6 Å². The molecular formula is C13H10ClF3N6. The van der Waals surface area contributed by atoms with Crippen LogP contribution in [0.25, 0.3) is 11.5 Å². The number of hydrogen-bond acceptors (Lipinski definition) is 4. The molecule has 3 heterocycles. The maximum atomic E-state index is 12.9. The topological polar surface area (TPSA) is 61.4 Å². The van der Waals surface area contributed by atoms with Crippen LogP contribution in [0.2, 0.25) is 5.02 Å². The Morgan fingerprint density at radius 2 is 1.91 bits per heavy atom. The van der Waals surface area contributed by atoms with E-state index in [1.54, 1.807) is 19.3 Å². The highest BCUT2D eigenvalue weighted by Gasteiger charge is 2.35. The first-order valence-electron chi connectivity index (χ1n) is 6.44. The lowest BCUT2D eigenvalue weighted by Crippen LogP contribution is -2.06. The Morgan fingerprint density at radius 1 is 1.22 bits per heavy atom. The van der Waals surface area contributed by atoms with E-state index >= 15 is 0 Å². The molecule has 0 bridgehead atoms. The number of imidazole rings is 1. The molecule has 0 saturated heterocycles. The van der Waals surface area contributed by atoms with Gasteiger partial charge in [-0.25, -0.2) is 15.0 Å². The largest absolute Gasteiger partial charge is 0.434 e. The Hall–Kier alpha value is -2.42. The molecule has 0 saturated carbocycles. The highest BCUT2D eigenvalue weighted by Crippen LogP contribution is 2.30. The lowest BCUT2D eigenvalue weighted by molar-refractivity contribution is -0.140. The standard InChI is InChI=1S/C13H10ClF3N6/c1-22-3-2-9(21-22)12-20-10(13(15,16)17)6-23(12)7-11-18-4-8(14)5-19-11/h2-6H,7H2,1H3. The van der Waals surface area contributed by atoms with Crippen molar-refractivity contribution in [3.8, 4) is 11.5 Å². The third kappa shape index (κ3) is 3.34. The van der Waals surface area contributed by atoms with Crippen molar-refractivity contribution in [3.05, 3.63) is 47.4 Å². The van der Waals surface area contributed by atoms with Crippen LogP contribution in [0.3, 0.4) is 0 Å². The molecule has 23 heavy (non-hydrogen) atoms. The van der Waals surface area contributed by atoms with Gasteiger partial charge in [0, 0.05) is 31.8 Å². The van der Waals surface area contributed by atoms with Gasteiger partial charge in [-0.2, -0.15) is 18.3 Å². The number of hydrogen-bond donors (Lipinski definition) is 0. The number of aromatic nitrogens is 6. The van der Waals surface area contributed by atoms with Crippen molar-refractivity contribution >= 4 is 11.6 Å². The van der Waals surface area contributed by atoms with Gasteiger partial charge in [0.15, 0.2) is 11.5 Å². The minimum atomic E-state index is -4.55. The molecule has 0 fully saturated rings. The van der Waals surface area contributed by atoms with Crippen LogP contribution < -0.4 is 0 Å². The summed E-state index contributed by atoms with van der Waals surface area (Å²) in [5.41, 5.74) is -0.663. The van der Waals surface area contributed by atoms with Crippen LogP contribution in [0, 0.1) is 0 Å². The number of alkyl halides is 3. The molecule has 0 aromatic carbocycles. The van der Waals surface area contributed by atoms with Crippen molar-refractivity contribution in [1.82, 2.24) is 29.3 Å². The van der Waals surface area contributed by atoms with Gasteiger partial charge in [-0.3, -0.25) is 4.68 Å². The van der Waals surface area contributed by atoms with Crippen LogP contribution in [-0.2, 0) is 19.8 Å². The summed E-state index contributed by atoms with van der Waals surface area (Å²) >= 11 is 5.70. The molecule has 0 N–H and O–H groups in total. The second-order valence-electron chi connectivity index (χ2n) is 4.77. The fraction of sp³-hybridized carbons (Fsp3) is 0.231. The fourth-order valence-electron chi connectivity index (χ4n) is 1.98. The zero-order valence-corrected chi connectivity index (χ0v) is 12.5. The Bertz CT molecular complexity index is 821. The Labute approximate surface area is 133 Å². The normalized spacial score (nSPS) is 11.9. The van der Waals surface area contributed by atoms with E-state index in [1.807, 2.05) is 0 Å². The number of halogens is 4. The van der Waals surface area contributed by atoms with Crippen molar-refractivity contribution in [1.29, 1.82) is 0 Å². The van der Waals surface area contributed by atoms with Crippen LogP contribution in [0.1, 0.15) is 11.5 Å². The van der Waals surface area contributed by atoms with Gasteiger partial charge in [0.25, 0.3) is 0 Å². The van der Waals surface area contributed by atoms with Gasteiger partial charge in [0.1, 0.15) is 11.5 Å². The van der Waals surface area contributed by atoms with Crippen LogP contribution in [0.5, 0.6) is 0 Å². The SMILES string of the molecule is Cn1ccc(-c2nc(C(F)(F)F)cn2Cc2ncc(Cl)cn2)n1. The first-order valence-corrected chi connectivity index (χ1v) is 6.81. The third-order valence-electron chi connectivity index (χ3n) is 3.00. The molecule has 0 aliphatic carbocycles. The quantitative estimate of drug-likeness (QED) is 0.734. The van der Waals surface area contributed by atoms with Crippen molar-refractivity contribution < 1.29 is 13.2 Å². The van der Waals surface area contributed by atoms with E-state index in [1.165, 1.54) is 21.6 Å². The van der Waals surface area contributed by atoms with Gasteiger partial charge < -0.3 is 4.57 Å². The summed E-state index contributed by atoms with van der Waals surface area (Å²) in [6.07, 6.45) is 0.760. The predicted octanol–water partition coefficient (Wildman–Crippen LogP) is 2.79. The summed E-state index contributed by atoms with van der Waals surface area (Å²) in [6, 6.07) is 1.59. The van der Waals surface area contributed by atoms with E-state index in [9.17, 15) is 13.2 Å². The molecule has 0 amide bonds. The molecule has 6 nitrogen and oxygen atoms in total. The third-order valence-corrected chi connectivity index (χ3v) is 3.19. The van der Waals surface area contributed by atoms with Gasteiger partial charge >= 0.3 is 6.18 Å². The minimum Gasteiger partial charge on any atom is -0.321 e. The molecule has 0 aliphatic heterocycles. The van der Waals surface area contributed by atoms with Crippen LogP contribution in [0.4, 0.5) is 13.2 Å². The first-order chi connectivity index (χ1) is 10.8. The van der Waals surface area contributed by atoms with Gasteiger partial charge in [-0.15, -0.1) is 0 Å². The van der Waals surface area contributed by atoms with Crippen molar-refractivity contribution in [2.75, 3.05) is 0 Å². The van der Waals surface area contributed by atoms with E-state index in [-0.39, 0.29) is 12.4 Å². The summed E-state index contributed by atoms with van der Waals surface area (Å²) in [5.74, 6) is 0.411. The lowest BCUT2D eigenvalue weighted by Gasteiger charge is -2.04. The Balaban J connectivity index is 2.03. The highest BCUT2D eigenvalue weighted by atomic mass is 35.5. The molecule has 3 rings (SSSR count). The molecule has 3 aromatic heterocycles. The van der Waals surface area contributed by atoms with E-state index in [0.717, 1.165) is 6.20 Å². The average Bonchev–Trinajstić information content (AvgIpc) is 3.07. The average molecular weight is 343 g/mol. The maximum absolute atomic E-state index is 12.9. The zero-order valence-electron chi connectivity index (χ0n) is 11.8. The Kier molecular flexibility index (Phi) is 3.80. The monoisotopic (exact) mass is 342 g/mol. The summed E-state index contributed by atoms with van der Waals surface area (Å²) < 4.78 is 41.6. The molecule has 0 atom stereocenters. The Morgan fingerprint density at radius 3 is 2.48 bits per heavy atom. The van der Waals surface area contributed by atoms with E-state index in [2.05, 4.69) is 20.1 Å². The first kappa shape index (κ1) is 15.5. The van der Waals surface area contributed by atoms with Crippen LogP contribution in [0.15, 0.2) is 30.9 Å². The van der Waals surface area contributed by atoms with E-state index in [0.29, 0.717) is 16.5 Å². The summed E-state index contributed by atoms with van der Waals surface area (Å²) in [5, 5.41) is 4.44. The predicted molar refractivity (Wildman–Crippen MR) is 75.6 cm³/mol. The van der Waals surface area contributed by atoms with Gasteiger partial charge in [-0.05, 0) is 6.07 Å². The lowest BCUT2D eigenvalue weighted by atomic mass is 10.4. The molecule has 3 aromatic rings. The van der Waals surface area contributed by atoms with Crippen LogP contribution in [-0.4, -0.2) is 29.3 Å². The smallest absolute Gasteiger partial charge is 0.321 e. The van der Waals surface area contributed by atoms with Gasteiger partial charge in [0.2, 0.25) is 0 Å². The van der Waals surface area contributed by atoms with Gasteiger partial charge in [-0.1, -0.05) is 11.6 Å². The highest BCUT2D eigenvalue weighted by molar-refractivity contribution is 6.30. The second kappa shape index (κ2) is 5.65. The molecule has 0 spiro atoms. The number of nitrogens with zero attached hydrogens (tertiary/aromatic N) is 6. The van der Waals surface area contributed by atoms with E-state index < -0.39 is 11.9 Å². The molecule has 10 heteroatoms. The molecule has 0 aliphatic rings. The fourth-order valence-corrected chi connectivity index (χ4v) is 2.08. The van der Waals surface area contributed by atoms with Crippen molar-refractivity contribution in [2.45, 2.75) is 12.7 Å². The van der Waals surface area contributed by atoms with Crippen molar-refractivity contribution in [3.63, 3.8) is 0 Å². The summed E-state index contributed by atoms with van der Waals surface area (Å²) in [6.45, 7) is 0.0200. The molecular weight excluding hydrogens is 333 g/mol. The zero-order chi connectivity index (χ0) is 16.6. The molecule has 120 valence electrons. The number of rotatable bonds is 3. The summed E-state index contributed by atoms with van der Waals surface area (Å²) in [4.78, 5) is 11.6.